The van der Waals surface area contributed by atoms with Gasteiger partial charge in [0.2, 0.25) is 0 Å². The van der Waals surface area contributed by atoms with E-state index in [0.717, 1.165) is 17.6 Å². The van der Waals surface area contributed by atoms with Gasteiger partial charge in [-0.3, -0.25) is 4.52 Å². The summed E-state index contributed by atoms with van der Waals surface area (Å²) in [4.78, 5) is 27.2. The molecular formula is C17H27NO7P2. The first kappa shape index (κ1) is 23.8. The number of hydrogen-bond donors (Lipinski definition) is 4. The average molecular weight is 419 g/mol. The van der Waals surface area contributed by atoms with Gasteiger partial charge in [-0.1, -0.05) is 34.9 Å². The molecule has 0 saturated carbocycles. The number of benzene rings is 1. The van der Waals surface area contributed by atoms with Crippen LogP contribution in [0.5, 0.6) is 0 Å². The van der Waals surface area contributed by atoms with Crippen molar-refractivity contribution in [2.45, 2.75) is 46.8 Å². The number of phosphoric ester groups is 1. The van der Waals surface area contributed by atoms with Gasteiger partial charge in [0.05, 0.1) is 0 Å². The van der Waals surface area contributed by atoms with E-state index in [1.54, 1.807) is 18.2 Å². The van der Waals surface area contributed by atoms with Gasteiger partial charge in [-0.05, 0) is 58.7 Å². The molecule has 0 radical (unpaired) electrons. The van der Waals surface area contributed by atoms with Crippen LogP contribution in [0.1, 0.15) is 39.2 Å². The van der Waals surface area contributed by atoms with Crippen molar-refractivity contribution in [3.8, 4) is 0 Å². The molecule has 152 valence electrons. The number of rotatable bonds is 10. The van der Waals surface area contributed by atoms with Gasteiger partial charge < -0.3 is 20.0 Å². The maximum absolute atomic E-state index is 11.9. The van der Waals surface area contributed by atoms with E-state index in [4.69, 9.17) is 14.3 Å². The summed E-state index contributed by atoms with van der Waals surface area (Å²) in [5.41, 5.74) is 3.69. The van der Waals surface area contributed by atoms with E-state index in [9.17, 15) is 14.0 Å². The van der Waals surface area contributed by atoms with Gasteiger partial charge in [-0.2, -0.15) is 4.31 Å². The Kier molecular flexibility index (Phi) is 9.12. The van der Waals surface area contributed by atoms with Crippen LogP contribution in [-0.4, -0.2) is 20.9 Å². The fourth-order valence-corrected chi connectivity index (χ4v) is 3.77. The van der Waals surface area contributed by atoms with E-state index in [1.165, 1.54) is 5.57 Å². The number of phosphoric acid groups is 2. The number of anilines is 1. The molecule has 0 bridgehead atoms. The third-order valence-electron chi connectivity index (χ3n) is 3.34. The Bertz CT molecular complexity index is 764. The number of hydrogen-bond acceptors (Lipinski definition) is 5. The molecule has 2 unspecified atom stereocenters. The monoisotopic (exact) mass is 419 g/mol. The Hall–Kier alpha value is -1.24. The lowest BCUT2D eigenvalue weighted by Gasteiger charge is -2.21. The Morgan fingerprint density at radius 2 is 1.74 bits per heavy atom. The van der Waals surface area contributed by atoms with Crippen LogP contribution < -0.4 is 5.32 Å². The molecule has 0 fully saturated rings. The average Bonchev–Trinajstić information content (AvgIpc) is 2.46. The highest BCUT2D eigenvalue weighted by Crippen LogP contribution is 2.58. The highest BCUT2D eigenvalue weighted by atomic mass is 31.3. The predicted molar refractivity (Wildman–Crippen MR) is 105 cm³/mol. The lowest BCUT2D eigenvalue weighted by Crippen LogP contribution is -2.20. The van der Waals surface area contributed by atoms with Crippen LogP contribution in [0.3, 0.4) is 0 Å². The molecule has 0 amide bonds. The van der Waals surface area contributed by atoms with Gasteiger partial charge in [0, 0.05) is 5.69 Å². The minimum atomic E-state index is -5.19. The minimum absolute atomic E-state index is 0.607. The first-order valence-corrected chi connectivity index (χ1v) is 11.3. The highest BCUT2D eigenvalue weighted by Gasteiger charge is 2.34. The third kappa shape index (κ3) is 11.3. The molecule has 0 saturated heterocycles. The van der Waals surface area contributed by atoms with Crippen LogP contribution in [0.25, 0.3) is 0 Å². The van der Waals surface area contributed by atoms with E-state index in [0.29, 0.717) is 12.1 Å². The zero-order chi connectivity index (χ0) is 20.7. The van der Waals surface area contributed by atoms with Crippen molar-refractivity contribution in [3.63, 3.8) is 0 Å². The Morgan fingerprint density at radius 3 is 2.26 bits per heavy atom. The van der Waals surface area contributed by atoms with Crippen molar-refractivity contribution in [2.24, 2.45) is 0 Å². The normalized spacial score (nSPS) is 15.7. The van der Waals surface area contributed by atoms with Crippen molar-refractivity contribution in [3.05, 3.63) is 53.1 Å². The molecule has 2 atom stereocenters. The molecule has 10 heteroatoms. The molecule has 1 rings (SSSR count). The number of nitrogens with one attached hydrogen (secondary N) is 1. The zero-order valence-corrected chi connectivity index (χ0v) is 17.6. The molecule has 1 aromatic rings. The fourth-order valence-electron chi connectivity index (χ4n) is 2.14. The number of allylic oxidation sites excluding steroid dienone is 3. The molecule has 0 spiro atoms. The Labute approximate surface area is 159 Å². The van der Waals surface area contributed by atoms with Crippen LogP contribution in [0, 0.1) is 6.92 Å². The maximum atomic E-state index is 11.9. The smallest absolute Gasteiger partial charge is 0.356 e. The summed E-state index contributed by atoms with van der Waals surface area (Å²) in [5, 5.41) is 2.90. The predicted octanol–water partition coefficient (Wildman–Crippen LogP) is 4.65. The fraction of sp³-hybridized carbons (Fsp3) is 0.412. The maximum Gasteiger partial charge on any atom is 0.483 e. The van der Waals surface area contributed by atoms with Crippen molar-refractivity contribution >= 4 is 21.3 Å². The molecule has 0 aliphatic rings. The molecule has 0 aliphatic heterocycles. The van der Waals surface area contributed by atoms with Gasteiger partial charge in [0.1, 0.15) is 0 Å². The van der Waals surface area contributed by atoms with E-state index in [-0.39, 0.29) is 0 Å². The van der Waals surface area contributed by atoms with Crippen molar-refractivity contribution in [1.29, 1.82) is 0 Å². The van der Waals surface area contributed by atoms with E-state index in [2.05, 4.69) is 15.7 Å². The lowest BCUT2D eigenvalue weighted by atomic mass is 10.1. The number of aryl methyl sites for hydroxylation is 1. The molecule has 8 nitrogen and oxygen atoms in total. The van der Waals surface area contributed by atoms with Crippen LogP contribution in [0.2, 0.25) is 0 Å². The van der Waals surface area contributed by atoms with Gasteiger partial charge in [0.15, 0.2) is 6.23 Å². The Morgan fingerprint density at radius 1 is 1.15 bits per heavy atom. The zero-order valence-electron chi connectivity index (χ0n) is 15.8. The first-order chi connectivity index (χ1) is 12.4. The van der Waals surface area contributed by atoms with E-state index in [1.807, 2.05) is 39.8 Å². The van der Waals surface area contributed by atoms with Gasteiger partial charge in [-0.25, -0.2) is 9.13 Å². The summed E-state index contributed by atoms with van der Waals surface area (Å²) >= 11 is 0. The van der Waals surface area contributed by atoms with Crippen LogP contribution in [-0.2, 0) is 18.0 Å². The largest absolute Gasteiger partial charge is 0.483 e. The van der Waals surface area contributed by atoms with E-state index >= 15 is 0 Å². The molecule has 1 aromatic carbocycles. The molecule has 27 heavy (non-hydrogen) atoms. The van der Waals surface area contributed by atoms with Crippen molar-refractivity contribution in [2.75, 3.05) is 5.32 Å². The van der Waals surface area contributed by atoms with Crippen LogP contribution in [0.15, 0.2) is 47.6 Å². The quantitative estimate of drug-likeness (QED) is 0.245. The summed E-state index contributed by atoms with van der Waals surface area (Å²) in [6.07, 6.45) is 3.99. The lowest BCUT2D eigenvalue weighted by molar-refractivity contribution is 0.162. The van der Waals surface area contributed by atoms with Gasteiger partial charge in [0.25, 0.3) is 0 Å². The van der Waals surface area contributed by atoms with Crippen molar-refractivity contribution < 1.29 is 32.6 Å². The summed E-state index contributed by atoms with van der Waals surface area (Å²) in [7, 11) is -10.2. The summed E-state index contributed by atoms with van der Waals surface area (Å²) in [6.45, 7) is 7.73. The summed E-state index contributed by atoms with van der Waals surface area (Å²) in [5.74, 6) is 0. The summed E-state index contributed by atoms with van der Waals surface area (Å²) < 4.78 is 31.6. The minimum Gasteiger partial charge on any atom is -0.356 e. The van der Waals surface area contributed by atoms with E-state index < -0.39 is 21.9 Å². The molecule has 4 N–H and O–H groups in total. The first-order valence-electron chi connectivity index (χ1n) is 8.28. The van der Waals surface area contributed by atoms with Gasteiger partial charge >= 0.3 is 15.6 Å². The SMILES string of the molecule is CC(C)=CCC/C(C)=C/C(Nc1ccc(C)cc1)OP(=O)(O)OP(=O)(O)O. The molecular weight excluding hydrogens is 392 g/mol. The second kappa shape index (κ2) is 10.3. The Balaban J connectivity index is 2.97. The second-order valence-electron chi connectivity index (χ2n) is 6.41. The van der Waals surface area contributed by atoms with Gasteiger partial charge in [-0.15, -0.1) is 0 Å². The molecule has 0 heterocycles. The molecule has 0 aromatic heterocycles. The highest BCUT2D eigenvalue weighted by molar-refractivity contribution is 7.60. The topological polar surface area (TPSA) is 125 Å². The standard InChI is InChI=1S/C17H27NO7P2/c1-13(2)6-5-7-15(4)12-17(18-16-10-8-14(3)9-11-16)24-27(22,23)25-26(19,20)21/h6,8-12,17-18H,5,7H2,1-4H3,(H,22,23)(H2,19,20,21)/b15-12+. The molecule has 0 aliphatic carbocycles. The third-order valence-corrected chi connectivity index (χ3v) is 5.51. The second-order valence-corrected chi connectivity index (χ2v) is 9.19. The van der Waals surface area contributed by atoms with Crippen molar-refractivity contribution in [1.82, 2.24) is 0 Å². The van der Waals surface area contributed by atoms with Crippen LogP contribution in [0.4, 0.5) is 5.69 Å². The van der Waals surface area contributed by atoms with Crippen LogP contribution >= 0.6 is 15.6 Å². The summed E-state index contributed by atoms with van der Waals surface area (Å²) in [6, 6.07) is 7.19.